The Balaban J connectivity index is 1.65. The van der Waals surface area contributed by atoms with E-state index in [1.54, 1.807) is 18.3 Å². The second-order valence-electron chi connectivity index (χ2n) is 10.2. The number of nitrogens with one attached hydrogen (secondary N) is 1. The molecule has 0 bridgehead atoms. The molecule has 9 nitrogen and oxygen atoms in total. The van der Waals surface area contributed by atoms with Crippen LogP contribution in [0.25, 0.3) is 0 Å². The van der Waals surface area contributed by atoms with Gasteiger partial charge in [-0.3, -0.25) is 0 Å². The Kier molecular flexibility index (Phi) is 11.0. The summed E-state index contributed by atoms with van der Waals surface area (Å²) >= 11 is 3.57. The largest absolute Gasteiger partial charge is 0.493 e. The monoisotopic (exact) mass is 646 g/mol. The quantitative estimate of drug-likeness (QED) is 0.277. The number of morpholine rings is 1. The Morgan fingerprint density at radius 1 is 1.02 bits per heavy atom. The van der Waals surface area contributed by atoms with Gasteiger partial charge in [-0.2, -0.15) is 0 Å². The number of nitrogens with zero attached hydrogens (tertiary/aromatic N) is 3. The zero-order valence-corrected chi connectivity index (χ0v) is 26.6. The van der Waals surface area contributed by atoms with E-state index < -0.39 is 10.0 Å². The Bertz CT molecular complexity index is 1430. The van der Waals surface area contributed by atoms with Crippen molar-refractivity contribution in [3.8, 4) is 11.5 Å². The number of aromatic nitrogens is 2. The molecule has 0 atom stereocenters. The molecular formula is C30H39BrN4O5S. The first-order valence-corrected chi connectivity index (χ1v) is 16.3. The number of anilines is 1. The van der Waals surface area contributed by atoms with Crippen LogP contribution >= 0.6 is 15.9 Å². The van der Waals surface area contributed by atoms with Gasteiger partial charge in [-0.1, -0.05) is 32.0 Å². The molecule has 1 aromatic heterocycles. The highest BCUT2D eigenvalue weighted by Crippen LogP contribution is 2.37. The molecule has 222 valence electrons. The number of hydrogen-bond donors (Lipinski definition) is 1. The van der Waals surface area contributed by atoms with Crippen molar-refractivity contribution in [3.05, 3.63) is 69.7 Å². The van der Waals surface area contributed by atoms with Gasteiger partial charge in [0.15, 0.2) is 0 Å². The predicted molar refractivity (Wildman–Crippen MR) is 164 cm³/mol. The van der Waals surface area contributed by atoms with Crippen LogP contribution in [0.4, 0.5) is 5.69 Å². The normalized spacial score (nSPS) is 14.0. The third kappa shape index (κ3) is 8.18. The van der Waals surface area contributed by atoms with E-state index in [2.05, 4.69) is 30.5 Å². The van der Waals surface area contributed by atoms with Gasteiger partial charge in [0.05, 0.1) is 47.2 Å². The molecule has 0 aliphatic carbocycles. The fourth-order valence-corrected chi connectivity index (χ4v) is 6.39. The maximum absolute atomic E-state index is 13.1. The van der Waals surface area contributed by atoms with Crippen LogP contribution in [-0.4, -0.2) is 64.4 Å². The molecule has 11 heteroatoms. The van der Waals surface area contributed by atoms with E-state index in [0.717, 1.165) is 35.8 Å². The summed E-state index contributed by atoms with van der Waals surface area (Å²) < 4.78 is 47.2. The van der Waals surface area contributed by atoms with Crippen molar-refractivity contribution in [2.45, 2.75) is 45.4 Å². The van der Waals surface area contributed by atoms with Gasteiger partial charge in [0, 0.05) is 50.3 Å². The molecule has 41 heavy (non-hydrogen) atoms. The number of sulfonamides is 1. The standard InChI is InChI=1S/C30H39BrN4O5S/c1-5-39-27-18-26(35-11-13-38-14-12-35)28(40-6-2)16-23(27)17-30-32-20-24(31)25(34-30)15-22-9-7-8-10-29(22)41(36,37)33-19-21(3)4/h7-10,16,18,20-21,33H,5-6,11-15,17,19H2,1-4H3. The summed E-state index contributed by atoms with van der Waals surface area (Å²) in [6.07, 6.45) is 2.47. The summed E-state index contributed by atoms with van der Waals surface area (Å²) in [5.74, 6) is 2.35. The van der Waals surface area contributed by atoms with Crippen LogP contribution < -0.4 is 19.1 Å². The number of ether oxygens (including phenoxy) is 3. The Morgan fingerprint density at radius 3 is 2.44 bits per heavy atom. The van der Waals surface area contributed by atoms with Crippen molar-refractivity contribution in [1.29, 1.82) is 0 Å². The van der Waals surface area contributed by atoms with Crippen molar-refractivity contribution in [1.82, 2.24) is 14.7 Å². The molecular weight excluding hydrogens is 608 g/mol. The first-order valence-electron chi connectivity index (χ1n) is 14.0. The van der Waals surface area contributed by atoms with Gasteiger partial charge >= 0.3 is 0 Å². The minimum atomic E-state index is -3.66. The number of rotatable bonds is 13. The summed E-state index contributed by atoms with van der Waals surface area (Å²) in [5, 5.41) is 0. The molecule has 0 radical (unpaired) electrons. The second kappa shape index (κ2) is 14.4. The summed E-state index contributed by atoms with van der Waals surface area (Å²) in [4.78, 5) is 11.9. The van der Waals surface area contributed by atoms with Crippen LogP contribution in [0.1, 0.15) is 50.3 Å². The average molecular weight is 648 g/mol. The van der Waals surface area contributed by atoms with E-state index in [9.17, 15) is 8.42 Å². The number of halogens is 1. The second-order valence-corrected chi connectivity index (χ2v) is 12.8. The van der Waals surface area contributed by atoms with Gasteiger partial charge < -0.3 is 19.1 Å². The fraction of sp³-hybridized carbons (Fsp3) is 0.467. The number of hydrogen-bond acceptors (Lipinski definition) is 8. The first-order chi connectivity index (χ1) is 19.7. The zero-order valence-electron chi connectivity index (χ0n) is 24.2. The minimum absolute atomic E-state index is 0.197. The SMILES string of the molecule is CCOc1cc(N2CCOCC2)c(OCC)cc1Cc1ncc(Br)c(Cc2ccccc2S(=O)(=O)NCC(C)C)n1. The average Bonchev–Trinajstić information content (AvgIpc) is 2.96. The lowest BCUT2D eigenvalue weighted by molar-refractivity contribution is 0.122. The topological polar surface area (TPSA) is 103 Å². The highest BCUT2D eigenvalue weighted by atomic mass is 79.9. The summed E-state index contributed by atoms with van der Waals surface area (Å²) in [6, 6.07) is 11.1. The Morgan fingerprint density at radius 2 is 1.73 bits per heavy atom. The third-order valence-electron chi connectivity index (χ3n) is 6.61. The van der Waals surface area contributed by atoms with Crippen LogP contribution in [0.2, 0.25) is 0 Å². The molecule has 0 saturated carbocycles. The summed E-state index contributed by atoms with van der Waals surface area (Å²) in [5.41, 5.74) is 3.28. The molecule has 4 rings (SSSR count). The van der Waals surface area contributed by atoms with Crippen molar-refractivity contribution >= 4 is 31.6 Å². The Hall–Kier alpha value is -2.73. The zero-order chi connectivity index (χ0) is 29.4. The van der Waals surface area contributed by atoms with Gasteiger partial charge in [-0.15, -0.1) is 0 Å². The van der Waals surface area contributed by atoms with E-state index in [-0.39, 0.29) is 10.8 Å². The highest BCUT2D eigenvalue weighted by molar-refractivity contribution is 9.10. The van der Waals surface area contributed by atoms with Gasteiger partial charge in [0.2, 0.25) is 10.0 Å². The molecule has 0 spiro atoms. The molecule has 0 unspecified atom stereocenters. The van der Waals surface area contributed by atoms with E-state index in [1.165, 1.54) is 0 Å². The van der Waals surface area contributed by atoms with Crippen molar-refractivity contribution < 1.29 is 22.6 Å². The molecule has 1 N–H and O–H groups in total. The number of benzene rings is 2. The van der Waals surface area contributed by atoms with E-state index >= 15 is 0 Å². The van der Waals surface area contributed by atoms with E-state index in [4.69, 9.17) is 19.2 Å². The first kappa shape index (κ1) is 31.2. The molecule has 2 heterocycles. The molecule has 0 amide bonds. The van der Waals surface area contributed by atoms with Crippen molar-refractivity contribution in [3.63, 3.8) is 0 Å². The van der Waals surface area contributed by atoms with E-state index in [0.29, 0.717) is 67.4 Å². The fourth-order valence-electron chi connectivity index (χ4n) is 4.61. The van der Waals surface area contributed by atoms with Gasteiger partial charge in [0.25, 0.3) is 0 Å². The lowest BCUT2D eigenvalue weighted by Gasteiger charge is -2.31. The minimum Gasteiger partial charge on any atom is -0.493 e. The lowest BCUT2D eigenvalue weighted by atomic mass is 10.1. The molecule has 1 aliphatic heterocycles. The molecule has 1 fully saturated rings. The lowest BCUT2D eigenvalue weighted by Crippen LogP contribution is -2.36. The molecule has 3 aromatic rings. The van der Waals surface area contributed by atoms with Crippen LogP contribution in [0.3, 0.4) is 0 Å². The summed E-state index contributed by atoms with van der Waals surface area (Å²) in [7, 11) is -3.66. The van der Waals surface area contributed by atoms with Crippen LogP contribution in [0, 0.1) is 5.92 Å². The maximum Gasteiger partial charge on any atom is 0.240 e. The van der Waals surface area contributed by atoms with Gasteiger partial charge in [0.1, 0.15) is 17.3 Å². The smallest absolute Gasteiger partial charge is 0.240 e. The highest BCUT2D eigenvalue weighted by Gasteiger charge is 2.22. The van der Waals surface area contributed by atoms with Crippen LogP contribution in [-0.2, 0) is 27.6 Å². The van der Waals surface area contributed by atoms with Crippen molar-refractivity contribution in [2.75, 3.05) is 51.0 Å². The molecule has 1 aliphatic rings. The maximum atomic E-state index is 13.1. The predicted octanol–water partition coefficient (Wildman–Crippen LogP) is 4.99. The van der Waals surface area contributed by atoms with Gasteiger partial charge in [-0.05, 0) is 53.4 Å². The third-order valence-corrected chi connectivity index (χ3v) is 8.80. The van der Waals surface area contributed by atoms with Crippen molar-refractivity contribution in [2.24, 2.45) is 5.92 Å². The Labute approximate surface area is 251 Å². The molecule has 2 aromatic carbocycles. The van der Waals surface area contributed by atoms with E-state index in [1.807, 2.05) is 52.0 Å². The van der Waals surface area contributed by atoms with Gasteiger partial charge in [-0.25, -0.2) is 23.1 Å². The molecule has 1 saturated heterocycles. The van der Waals surface area contributed by atoms with Crippen LogP contribution in [0.5, 0.6) is 11.5 Å². The summed E-state index contributed by atoms with van der Waals surface area (Å²) in [6.45, 7) is 12.2. The van der Waals surface area contributed by atoms with Crippen LogP contribution in [0.15, 0.2) is 52.0 Å².